The van der Waals surface area contributed by atoms with Gasteiger partial charge in [-0.05, 0) is 20.3 Å². The Labute approximate surface area is 119 Å². The SMILES string of the molecule is CCC1C(=O)NC(C)(C)C(=O)N1CCc1nccn1C. The summed E-state index contributed by atoms with van der Waals surface area (Å²) in [5, 5.41) is 2.79. The minimum Gasteiger partial charge on any atom is -0.340 e. The van der Waals surface area contributed by atoms with Crippen molar-refractivity contribution in [3.63, 3.8) is 0 Å². The third-order valence-electron chi connectivity index (χ3n) is 3.79. The van der Waals surface area contributed by atoms with Crippen LogP contribution in [-0.4, -0.2) is 44.4 Å². The minimum atomic E-state index is -0.829. The second kappa shape index (κ2) is 5.26. The van der Waals surface area contributed by atoms with E-state index in [4.69, 9.17) is 0 Å². The largest absolute Gasteiger partial charge is 0.340 e. The van der Waals surface area contributed by atoms with E-state index in [2.05, 4.69) is 10.3 Å². The van der Waals surface area contributed by atoms with Crippen LogP contribution in [-0.2, 0) is 23.1 Å². The van der Waals surface area contributed by atoms with Crippen LogP contribution in [0.25, 0.3) is 0 Å². The molecule has 1 aliphatic heterocycles. The third-order valence-corrected chi connectivity index (χ3v) is 3.79. The standard InChI is InChI=1S/C14H22N4O2/c1-5-10-12(19)16-14(2,3)13(20)18(10)8-6-11-15-7-9-17(11)4/h7,9-10H,5-6,8H2,1-4H3,(H,16,19). The quantitative estimate of drug-likeness (QED) is 0.871. The molecule has 0 bridgehead atoms. The first-order valence-corrected chi connectivity index (χ1v) is 6.96. The van der Waals surface area contributed by atoms with Crippen LogP contribution in [0.1, 0.15) is 33.0 Å². The summed E-state index contributed by atoms with van der Waals surface area (Å²) in [5.74, 6) is 0.812. The van der Waals surface area contributed by atoms with E-state index in [1.165, 1.54) is 0 Å². The predicted octanol–water partition coefficient (Wildman–Crippen LogP) is 0.478. The van der Waals surface area contributed by atoms with Gasteiger partial charge in [-0.15, -0.1) is 0 Å². The van der Waals surface area contributed by atoms with E-state index in [1.807, 2.05) is 24.7 Å². The molecule has 1 unspecified atom stereocenters. The van der Waals surface area contributed by atoms with Crippen molar-refractivity contribution >= 4 is 11.8 Å². The monoisotopic (exact) mass is 278 g/mol. The Morgan fingerprint density at radius 2 is 2.10 bits per heavy atom. The molecular weight excluding hydrogens is 256 g/mol. The normalized spacial score (nSPS) is 22.0. The zero-order valence-electron chi connectivity index (χ0n) is 12.5. The molecule has 0 aromatic carbocycles. The molecule has 1 saturated heterocycles. The average Bonchev–Trinajstić information content (AvgIpc) is 2.77. The summed E-state index contributed by atoms with van der Waals surface area (Å²) in [7, 11) is 1.92. The fourth-order valence-electron chi connectivity index (χ4n) is 2.61. The summed E-state index contributed by atoms with van der Waals surface area (Å²) in [5.41, 5.74) is -0.829. The van der Waals surface area contributed by atoms with Crippen molar-refractivity contribution < 1.29 is 9.59 Å². The van der Waals surface area contributed by atoms with E-state index in [-0.39, 0.29) is 17.9 Å². The van der Waals surface area contributed by atoms with E-state index in [0.29, 0.717) is 19.4 Å². The third kappa shape index (κ3) is 2.55. The summed E-state index contributed by atoms with van der Waals surface area (Å²) < 4.78 is 1.93. The van der Waals surface area contributed by atoms with Crippen LogP contribution in [0.3, 0.4) is 0 Å². The second-order valence-corrected chi connectivity index (χ2v) is 5.74. The van der Waals surface area contributed by atoms with Gasteiger partial charge in [-0.2, -0.15) is 0 Å². The molecule has 2 heterocycles. The van der Waals surface area contributed by atoms with Gasteiger partial charge in [0.1, 0.15) is 17.4 Å². The number of nitrogens with zero attached hydrogens (tertiary/aromatic N) is 3. The summed E-state index contributed by atoms with van der Waals surface area (Å²) in [6.07, 6.45) is 4.88. The van der Waals surface area contributed by atoms with Crippen molar-refractivity contribution in [3.05, 3.63) is 18.2 Å². The maximum atomic E-state index is 12.5. The van der Waals surface area contributed by atoms with Gasteiger partial charge in [0.05, 0.1) is 0 Å². The Morgan fingerprint density at radius 3 is 2.65 bits per heavy atom. The van der Waals surface area contributed by atoms with Crippen molar-refractivity contribution in [1.29, 1.82) is 0 Å². The predicted molar refractivity (Wildman–Crippen MR) is 74.9 cm³/mol. The van der Waals surface area contributed by atoms with Crippen LogP contribution in [0.5, 0.6) is 0 Å². The molecular formula is C14H22N4O2. The molecule has 2 rings (SSSR count). The highest BCUT2D eigenvalue weighted by atomic mass is 16.2. The molecule has 6 heteroatoms. The zero-order valence-corrected chi connectivity index (χ0v) is 12.5. The molecule has 110 valence electrons. The molecule has 1 N–H and O–H groups in total. The topological polar surface area (TPSA) is 67.2 Å². The van der Waals surface area contributed by atoms with Gasteiger partial charge >= 0.3 is 0 Å². The minimum absolute atomic E-state index is 0.0295. The van der Waals surface area contributed by atoms with Crippen LogP contribution in [0.4, 0.5) is 0 Å². The molecule has 2 amide bonds. The number of nitrogens with one attached hydrogen (secondary N) is 1. The first-order valence-electron chi connectivity index (χ1n) is 6.96. The number of rotatable bonds is 4. The number of amides is 2. The number of hydrogen-bond donors (Lipinski definition) is 1. The Kier molecular flexibility index (Phi) is 3.83. The van der Waals surface area contributed by atoms with Gasteiger partial charge in [0.15, 0.2) is 0 Å². The maximum absolute atomic E-state index is 12.5. The lowest BCUT2D eigenvalue weighted by Gasteiger charge is -2.42. The lowest BCUT2D eigenvalue weighted by atomic mass is 9.95. The van der Waals surface area contributed by atoms with Crippen LogP contribution in [0.15, 0.2) is 12.4 Å². The molecule has 1 aromatic rings. The highest BCUT2D eigenvalue weighted by Gasteiger charge is 2.44. The van der Waals surface area contributed by atoms with Crippen molar-refractivity contribution in [3.8, 4) is 0 Å². The fraction of sp³-hybridized carbons (Fsp3) is 0.643. The van der Waals surface area contributed by atoms with Crippen LogP contribution >= 0.6 is 0 Å². The lowest BCUT2D eigenvalue weighted by molar-refractivity contribution is -0.153. The number of carbonyl (C=O) groups excluding carboxylic acids is 2. The summed E-state index contributed by atoms with van der Waals surface area (Å²) in [6.45, 7) is 5.92. The Morgan fingerprint density at radius 1 is 1.40 bits per heavy atom. The highest BCUT2D eigenvalue weighted by molar-refractivity contribution is 5.99. The van der Waals surface area contributed by atoms with E-state index in [0.717, 1.165) is 5.82 Å². The number of aryl methyl sites for hydroxylation is 1. The van der Waals surface area contributed by atoms with E-state index < -0.39 is 5.54 Å². The molecule has 1 fully saturated rings. The average molecular weight is 278 g/mol. The molecule has 20 heavy (non-hydrogen) atoms. The number of aromatic nitrogens is 2. The first-order chi connectivity index (χ1) is 9.36. The van der Waals surface area contributed by atoms with Gasteiger partial charge in [-0.25, -0.2) is 4.98 Å². The molecule has 1 atom stereocenters. The highest BCUT2D eigenvalue weighted by Crippen LogP contribution is 2.20. The molecule has 1 aromatic heterocycles. The van der Waals surface area contributed by atoms with Crippen molar-refractivity contribution in [2.75, 3.05) is 6.54 Å². The van der Waals surface area contributed by atoms with Gasteiger partial charge in [0.25, 0.3) is 0 Å². The summed E-state index contributed by atoms with van der Waals surface area (Å²) in [6, 6.07) is -0.379. The molecule has 0 aliphatic carbocycles. The first kappa shape index (κ1) is 14.6. The Bertz CT molecular complexity index is 521. The van der Waals surface area contributed by atoms with Crippen molar-refractivity contribution in [2.45, 2.75) is 45.2 Å². The number of imidazole rings is 1. The maximum Gasteiger partial charge on any atom is 0.248 e. The number of carbonyl (C=O) groups is 2. The fourth-order valence-corrected chi connectivity index (χ4v) is 2.61. The smallest absolute Gasteiger partial charge is 0.248 e. The Balaban J connectivity index is 2.15. The van der Waals surface area contributed by atoms with Crippen LogP contribution in [0.2, 0.25) is 0 Å². The van der Waals surface area contributed by atoms with Crippen molar-refractivity contribution in [1.82, 2.24) is 19.8 Å². The van der Waals surface area contributed by atoms with Crippen LogP contribution < -0.4 is 5.32 Å². The summed E-state index contributed by atoms with van der Waals surface area (Å²) >= 11 is 0. The summed E-state index contributed by atoms with van der Waals surface area (Å²) in [4.78, 5) is 30.5. The van der Waals surface area contributed by atoms with E-state index >= 15 is 0 Å². The van der Waals surface area contributed by atoms with E-state index in [9.17, 15) is 9.59 Å². The molecule has 6 nitrogen and oxygen atoms in total. The van der Waals surface area contributed by atoms with Gasteiger partial charge in [-0.3, -0.25) is 9.59 Å². The zero-order chi connectivity index (χ0) is 14.9. The van der Waals surface area contributed by atoms with Gasteiger partial charge < -0.3 is 14.8 Å². The van der Waals surface area contributed by atoms with Gasteiger partial charge in [-0.1, -0.05) is 6.92 Å². The molecule has 0 radical (unpaired) electrons. The van der Waals surface area contributed by atoms with Gasteiger partial charge in [0, 0.05) is 32.4 Å². The van der Waals surface area contributed by atoms with Crippen molar-refractivity contribution in [2.24, 2.45) is 7.05 Å². The second-order valence-electron chi connectivity index (χ2n) is 5.74. The molecule has 0 spiro atoms. The van der Waals surface area contributed by atoms with Gasteiger partial charge in [0.2, 0.25) is 11.8 Å². The number of hydrogen-bond acceptors (Lipinski definition) is 3. The van der Waals surface area contributed by atoms with Crippen LogP contribution in [0, 0.1) is 0 Å². The molecule has 1 aliphatic rings. The lowest BCUT2D eigenvalue weighted by Crippen LogP contribution is -2.68. The number of piperazine rings is 1. The Hall–Kier alpha value is -1.85. The molecule has 0 saturated carbocycles. The van der Waals surface area contributed by atoms with E-state index in [1.54, 1.807) is 24.9 Å².